The van der Waals surface area contributed by atoms with Gasteiger partial charge in [0.25, 0.3) is 0 Å². The van der Waals surface area contributed by atoms with Crippen LogP contribution in [0.4, 0.5) is 11.4 Å². The van der Waals surface area contributed by atoms with Crippen molar-refractivity contribution in [2.75, 3.05) is 5.32 Å². The van der Waals surface area contributed by atoms with E-state index in [9.17, 15) is 0 Å². The zero-order chi connectivity index (χ0) is 16.1. The third-order valence-electron chi connectivity index (χ3n) is 4.27. The van der Waals surface area contributed by atoms with E-state index in [2.05, 4.69) is 67.7 Å². The van der Waals surface area contributed by atoms with Crippen LogP contribution in [0.5, 0.6) is 0 Å². The second-order valence-corrected chi connectivity index (χ2v) is 6.02. The van der Waals surface area contributed by atoms with E-state index in [4.69, 9.17) is 4.98 Å². The molecule has 0 saturated heterocycles. The Morgan fingerprint density at radius 2 is 1.65 bits per heavy atom. The number of benzene rings is 2. The lowest BCUT2D eigenvalue weighted by Crippen LogP contribution is -2.03. The Morgan fingerprint density at radius 1 is 0.913 bits per heavy atom. The summed E-state index contributed by atoms with van der Waals surface area (Å²) in [6, 6.07) is 18.8. The van der Waals surface area contributed by atoms with E-state index < -0.39 is 0 Å². The van der Waals surface area contributed by atoms with Crippen molar-refractivity contribution in [3.8, 4) is 0 Å². The number of unbranched alkanes of at least 4 members (excludes halogenated alkanes) is 2. The summed E-state index contributed by atoms with van der Waals surface area (Å²) in [5.74, 6) is 0. The molecule has 1 aromatic heterocycles. The van der Waals surface area contributed by atoms with Gasteiger partial charge in [-0.05, 0) is 43.5 Å². The van der Waals surface area contributed by atoms with Crippen molar-refractivity contribution in [3.63, 3.8) is 0 Å². The van der Waals surface area contributed by atoms with Crippen molar-refractivity contribution in [1.82, 2.24) is 4.98 Å². The Bertz CT molecular complexity index is 778. The molecule has 2 aromatic carbocycles. The highest BCUT2D eigenvalue weighted by Crippen LogP contribution is 2.32. The van der Waals surface area contributed by atoms with E-state index in [1.54, 1.807) is 0 Å². The van der Waals surface area contributed by atoms with Crippen LogP contribution in [0, 0.1) is 6.92 Å². The lowest BCUT2D eigenvalue weighted by atomic mass is 10.00. The molecule has 0 bridgehead atoms. The van der Waals surface area contributed by atoms with Gasteiger partial charge in [-0.15, -0.1) is 0 Å². The Kier molecular flexibility index (Phi) is 4.92. The lowest BCUT2D eigenvalue weighted by Gasteiger charge is -2.17. The van der Waals surface area contributed by atoms with Gasteiger partial charge >= 0.3 is 0 Å². The minimum Gasteiger partial charge on any atom is -0.355 e. The first-order chi connectivity index (χ1) is 11.3. The molecule has 0 aliphatic carbocycles. The Balaban J connectivity index is 2.07. The monoisotopic (exact) mass is 304 g/mol. The zero-order valence-electron chi connectivity index (χ0n) is 14.0. The molecule has 0 spiro atoms. The lowest BCUT2D eigenvalue weighted by molar-refractivity contribution is 0.715. The molecule has 2 nitrogen and oxygen atoms in total. The van der Waals surface area contributed by atoms with Gasteiger partial charge in [-0.25, -0.2) is 0 Å². The molecule has 0 aliphatic heterocycles. The standard InChI is InChI=1S/C21H24N2/c1-3-4-6-13-18-16(2)22-20-15-10-9-14-19(20)21(18)23-17-11-7-5-8-12-17/h5,7-12,14-15H,3-4,6,13H2,1-2H3,(H,22,23). The molecule has 0 saturated carbocycles. The molecule has 0 radical (unpaired) electrons. The van der Waals surface area contributed by atoms with Crippen molar-refractivity contribution >= 4 is 22.3 Å². The van der Waals surface area contributed by atoms with Gasteiger partial charge in [-0.3, -0.25) is 4.98 Å². The number of aryl methyl sites for hydroxylation is 1. The van der Waals surface area contributed by atoms with Crippen LogP contribution in [0.1, 0.15) is 37.4 Å². The molecule has 0 amide bonds. The number of nitrogens with zero attached hydrogens (tertiary/aromatic N) is 1. The quantitative estimate of drug-likeness (QED) is 0.563. The zero-order valence-corrected chi connectivity index (χ0v) is 14.0. The number of para-hydroxylation sites is 2. The molecular weight excluding hydrogens is 280 g/mol. The van der Waals surface area contributed by atoms with Gasteiger partial charge in [0.1, 0.15) is 0 Å². The summed E-state index contributed by atoms with van der Waals surface area (Å²) >= 11 is 0. The minimum atomic E-state index is 1.06. The highest BCUT2D eigenvalue weighted by molar-refractivity contribution is 5.95. The van der Waals surface area contributed by atoms with Crippen molar-refractivity contribution in [1.29, 1.82) is 0 Å². The predicted octanol–water partition coefficient (Wildman–Crippen LogP) is 6.02. The number of hydrogen-bond donors (Lipinski definition) is 1. The number of nitrogens with one attached hydrogen (secondary N) is 1. The average molecular weight is 304 g/mol. The van der Waals surface area contributed by atoms with Crippen LogP contribution in [-0.2, 0) is 6.42 Å². The Labute approximate surface area is 138 Å². The molecule has 1 N–H and O–H groups in total. The highest BCUT2D eigenvalue weighted by Gasteiger charge is 2.12. The van der Waals surface area contributed by atoms with Crippen LogP contribution in [0.3, 0.4) is 0 Å². The summed E-state index contributed by atoms with van der Waals surface area (Å²) < 4.78 is 0. The first kappa shape index (κ1) is 15.5. The first-order valence-corrected chi connectivity index (χ1v) is 8.50. The summed E-state index contributed by atoms with van der Waals surface area (Å²) in [5, 5.41) is 4.85. The molecule has 0 fully saturated rings. The molecule has 3 rings (SSSR count). The van der Waals surface area contributed by atoms with E-state index in [0.717, 1.165) is 23.3 Å². The average Bonchev–Trinajstić information content (AvgIpc) is 2.58. The van der Waals surface area contributed by atoms with E-state index in [0.29, 0.717) is 0 Å². The summed E-state index contributed by atoms with van der Waals surface area (Å²) in [6.07, 6.45) is 4.78. The Morgan fingerprint density at radius 3 is 2.43 bits per heavy atom. The van der Waals surface area contributed by atoms with Crippen LogP contribution in [0.15, 0.2) is 54.6 Å². The topological polar surface area (TPSA) is 24.9 Å². The molecule has 2 heteroatoms. The van der Waals surface area contributed by atoms with Crippen molar-refractivity contribution < 1.29 is 0 Å². The van der Waals surface area contributed by atoms with Crippen LogP contribution in [0.25, 0.3) is 10.9 Å². The van der Waals surface area contributed by atoms with E-state index in [1.807, 2.05) is 6.07 Å². The fourth-order valence-electron chi connectivity index (χ4n) is 3.04. The first-order valence-electron chi connectivity index (χ1n) is 8.50. The maximum Gasteiger partial charge on any atom is 0.0726 e. The fraction of sp³-hybridized carbons (Fsp3) is 0.286. The third-order valence-corrected chi connectivity index (χ3v) is 4.27. The van der Waals surface area contributed by atoms with Gasteiger partial charge in [0.05, 0.1) is 11.2 Å². The van der Waals surface area contributed by atoms with Crippen LogP contribution in [0.2, 0.25) is 0 Å². The maximum absolute atomic E-state index is 4.82. The number of fused-ring (bicyclic) bond motifs is 1. The Hall–Kier alpha value is -2.35. The summed E-state index contributed by atoms with van der Waals surface area (Å²) in [7, 11) is 0. The third kappa shape index (κ3) is 3.53. The summed E-state index contributed by atoms with van der Waals surface area (Å²) in [5.41, 5.74) is 5.89. The second-order valence-electron chi connectivity index (χ2n) is 6.02. The van der Waals surface area contributed by atoms with Crippen LogP contribution >= 0.6 is 0 Å². The summed E-state index contributed by atoms with van der Waals surface area (Å²) in [4.78, 5) is 4.82. The maximum atomic E-state index is 4.82. The normalized spacial score (nSPS) is 10.9. The molecule has 3 aromatic rings. The number of hydrogen-bond acceptors (Lipinski definition) is 2. The summed E-state index contributed by atoms with van der Waals surface area (Å²) in [6.45, 7) is 4.37. The van der Waals surface area contributed by atoms with Gasteiger partial charge in [0.15, 0.2) is 0 Å². The van der Waals surface area contributed by atoms with Crippen LogP contribution < -0.4 is 5.32 Å². The van der Waals surface area contributed by atoms with E-state index in [1.165, 1.54) is 35.9 Å². The van der Waals surface area contributed by atoms with Gasteiger partial charge in [-0.2, -0.15) is 0 Å². The van der Waals surface area contributed by atoms with Gasteiger partial charge < -0.3 is 5.32 Å². The fourth-order valence-corrected chi connectivity index (χ4v) is 3.04. The van der Waals surface area contributed by atoms with Gasteiger partial charge in [0.2, 0.25) is 0 Å². The van der Waals surface area contributed by atoms with Crippen LogP contribution in [-0.4, -0.2) is 4.98 Å². The van der Waals surface area contributed by atoms with Crippen molar-refractivity contribution in [3.05, 3.63) is 65.9 Å². The van der Waals surface area contributed by atoms with Gasteiger partial charge in [-0.1, -0.05) is 56.2 Å². The minimum absolute atomic E-state index is 1.06. The SMILES string of the molecule is CCCCCc1c(C)nc2ccccc2c1Nc1ccccc1. The van der Waals surface area contributed by atoms with Crippen molar-refractivity contribution in [2.45, 2.75) is 39.5 Å². The number of anilines is 2. The number of pyridine rings is 1. The molecule has 1 heterocycles. The van der Waals surface area contributed by atoms with E-state index in [-0.39, 0.29) is 0 Å². The molecule has 23 heavy (non-hydrogen) atoms. The molecule has 0 atom stereocenters. The molecule has 0 aliphatic rings. The van der Waals surface area contributed by atoms with Gasteiger partial charge in [0, 0.05) is 16.8 Å². The smallest absolute Gasteiger partial charge is 0.0726 e. The van der Waals surface area contributed by atoms with Crippen molar-refractivity contribution in [2.24, 2.45) is 0 Å². The molecule has 118 valence electrons. The second kappa shape index (κ2) is 7.28. The molecule has 0 unspecified atom stereocenters. The van der Waals surface area contributed by atoms with E-state index >= 15 is 0 Å². The predicted molar refractivity (Wildman–Crippen MR) is 99.4 cm³/mol. The number of rotatable bonds is 6. The molecular formula is C21H24N2. The largest absolute Gasteiger partial charge is 0.355 e. The number of aromatic nitrogens is 1. The highest BCUT2D eigenvalue weighted by atomic mass is 14.9.